The van der Waals surface area contributed by atoms with Crippen LogP contribution in [-0.2, 0) is 6.54 Å². The van der Waals surface area contributed by atoms with Crippen LogP contribution >= 0.6 is 11.3 Å². The van der Waals surface area contributed by atoms with E-state index >= 15 is 0 Å². The molecule has 0 aliphatic carbocycles. The second-order valence-corrected chi connectivity index (χ2v) is 6.21. The first-order valence-electron chi connectivity index (χ1n) is 7.44. The molecule has 0 bridgehead atoms. The molecule has 0 saturated heterocycles. The topological polar surface area (TPSA) is 17.3 Å². The molecule has 3 aromatic rings. The number of nitrogens with zero attached hydrogens (tertiary/aromatic N) is 2. The summed E-state index contributed by atoms with van der Waals surface area (Å²) in [5.74, 6) is -1.29. The zero-order valence-corrected chi connectivity index (χ0v) is 14.0. The molecule has 0 N–H and O–H groups in total. The summed E-state index contributed by atoms with van der Waals surface area (Å²) in [6.45, 7) is 6.37. The highest BCUT2D eigenvalue weighted by molar-refractivity contribution is 7.07. The summed E-state index contributed by atoms with van der Waals surface area (Å²) in [4.78, 5) is 4.99. The van der Waals surface area contributed by atoms with Gasteiger partial charge in [0, 0.05) is 18.0 Å². The number of thiazole rings is 1. The molecule has 3 rings (SSSR count). The lowest BCUT2D eigenvalue weighted by atomic mass is 10.1. The van der Waals surface area contributed by atoms with Crippen molar-refractivity contribution < 1.29 is 8.78 Å². The summed E-state index contributed by atoms with van der Waals surface area (Å²) in [5, 5.41) is 1.98. The maximum absolute atomic E-state index is 13.9. The van der Waals surface area contributed by atoms with E-state index in [1.165, 1.54) is 29.0 Å². The van der Waals surface area contributed by atoms with E-state index in [9.17, 15) is 8.78 Å². The van der Waals surface area contributed by atoms with Gasteiger partial charge >= 0.3 is 0 Å². The van der Waals surface area contributed by atoms with Crippen molar-refractivity contribution in [1.82, 2.24) is 4.57 Å². The molecular formula is C19H16F2N2S. The second kappa shape index (κ2) is 6.93. The van der Waals surface area contributed by atoms with Gasteiger partial charge in [-0.3, -0.25) is 0 Å². The zero-order valence-electron chi connectivity index (χ0n) is 13.2. The molecule has 0 spiro atoms. The number of aromatic nitrogens is 1. The lowest BCUT2D eigenvalue weighted by molar-refractivity contribution is 0.584. The normalized spacial score (nSPS) is 11.7. The van der Waals surface area contributed by atoms with Crippen LogP contribution in [0.4, 0.5) is 14.5 Å². The van der Waals surface area contributed by atoms with Gasteiger partial charge in [-0.2, -0.15) is 0 Å². The van der Waals surface area contributed by atoms with Gasteiger partial charge in [-0.15, -0.1) is 17.9 Å². The molecule has 2 nitrogen and oxygen atoms in total. The Morgan fingerprint density at radius 3 is 2.58 bits per heavy atom. The van der Waals surface area contributed by atoms with Crippen molar-refractivity contribution in [3.8, 4) is 11.3 Å². The first-order chi connectivity index (χ1) is 11.6. The Morgan fingerprint density at radius 1 is 1.17 bits per heavy atom. The van der Waals surface area contributed by atoms with Crippen molar-refractivity contribution in [2.75, 3.05) is 0 Å². The Balaban J connectivity index is 2.13. The highest BCUT2D eigenvalue weighted by Crippen LogP contribution is 2.22. The molecule has 0 radical (unpaired) electrons. The molecule has 0 amide bonds. The standard InChI is InChI=1S/C19H16F2N2S/c1-3-10-23-18(14-6-4-13(2)5-7-14)12-24-19(23)22-17-9-8-15(20)11-16(17)21/h3-9,11-12H,1,10H2,2H3. The molecule has 0 atom stereocenters. The molecule has 5 heteroatoms. The summed E-state index contributed by atoms with van der Waals surface area (Å²) in [7, 11) is 0. The smallest absolute Gasteiger partial charge is 0.190 e. The molecule has 0 aliphatic heterocycles. The first kappa shape index (κ1) is 16.3. The molecule has 24 heavy (non-hydrogen) atoms. The van der Waals surface area contributed by atoms with Gasteiger partial charge in [-0.25, -0.2) is 13.8 Å². The molecule has 122 valence electrons. The van der Waals surface area contributed by atoms with Gasteiger partial charge < -0.3 is 4.57 Å². The maximum Gasteiger partial charge on any atom is 0.190 e. The zero-order chi connectivity index (χ0) is 17.1. The number of hydrogen-bond donors (Lipinski definition) is 0. The number of benzene rings is 2. The summed E-state index contributed by atoms with van der Waals surface area (Å²) >= 11 is 1.41. The van der Waals surface area contributed by atoms with E-state index in [0.717, 1.165) is 17.3 Å². The number of halogens is 2. The van der Waals surface area contributed by atoms with Crippen molar-refractivity contribution in [2.45, 2.75) is 13.5 Å². The van der Waals surface area contributed by atoms with Crippen LogP contribution in [0, 0.1) is 18.6 Å². The van der Waals surface area contributed by atoms with E-state index in [0.29, 0.717) is 11.3 Å². The van der Waals surface area contributed by atoms with Crippen molar-refractivity contribution in [2.24, 2.45) is 4.99 Å². The summed E-state index contributed by atoms with van der Waals surface area (Å²) in [6, 6.07) is 11.6. The van der Waals surface area contributed by atoms with Gasteiger partial charge in [0.2, 0.25) is 0 Å². The largest absolute Gasteiger partial charge is 0.313 e. The van der Waals surface area contributed by atoms with Crippen molar-refractivity contribution in [1.29, 1.82) is 0 Å². The van der Waals surface area contributed by atoms with Crippen LogP contribution in [0.5, 0.6) is 0 Å². The Morgan fingerprint density at radius 2 is 1.92 bits per heavy atom. The average Bonchev–Trinajstić information content (AvgIpc) is 2.94. The minimum absolute atomic E-state index is 0.117. The minimum atomic E-state index is -0.676. The van der Waals surface area contributed by atoms with E-state index in [1.807, 2.05) is 41.1 Å². The van der Waals surface area contributed by atoms with Crippen LogP contribution < -0.4 is 4.80 Å². The number of rotatable bonds is 4. The van der Waals surface area contributed by atoms with Crippen LogP contribution in [0.25, 0.3) is 11.3 Å². The van der Waals surface area contributed by atoms with Gasteiger partial charge in [0.25, 0.3) is 0 Å². The maximum atomic E-state index is 13.9. The van der Waals surface area contributed by atoms with E-state index < -0.39 is 11.6 Å². The monoisotopic (exact) mass is 342 g/mol. The minimum Gasteiger partial charge on any atom is -0.313 e. The third-order valence-corrected chi connectivity index (χ3v) is 4.45. The first-order valence-corrected chi connectivity index (χ1v) is 8.32. The van der Waals surface area contributed by atoms with Crippen molar-refractivity contribution in [3.63, 3.8) is 0 Å². The summed E-state index contributed by atoms with van der Waals surface area (Å²) in [5.41, 5.74) is 3.34. The molecule has 0 fully saturated rings. The predicted molar refractivity (Wildman–Crippen MR) is 94.3 cm³/mol. The molecule has 1 heterocycles. The Bertz CT molecular complexity index is 937. The molecule has 0 aliphatic rings. The quantitative estimate of drug-likeness (QED) is 0.578. The van der Waals surface area contributed by atoms with Crippen LogP contribution in [0.3, 0.4) is 0 Å². The van der Waals surface area contributed by atoms with E-state index in [4.69, 9.17) is 0 Å². The predicted octanol–water partition coefficient (Wildman–Crippen LogP) is 5.22. The molecular weight excluding hydrogens is 326 g/mol. The van der Waals surface area contributed by atoms with E-state index in [1.54, 1.807) is 6.08 Å². The highest BCUT2D eigenvalue weighted by Gasteiger charge is 2.08. The van der Waals surface area contributed by atoms with Crippen LogP contribution in [0.1, 0.15) is 5.56 Å². The lowest BCUT2D eigenvalue weighted by Gasteiger charge is -2.07. The SMILES string of the molecule is C=CCn1c(-c2ccc(C)cc2)csc1=Nc1ccc(F)cc1F. The molecule has 1 aromatic heterocycles. The van der Waals surface area contributed by atoms with Crippen LogP contribution in [-0.4, -0.2) is 4.57 Å². The van der Waals surface area contributed by atoms with Gasteiger partial charge in [0.1, 0.15) is 11.5 Å². The van der Waals surface area contributed by atoms with Crippen LogP contribution in [0.15, 0.2) is 65.5 Å². The van der Waals surface area contributed by atoms with Crippen LogP contribution in [0.2, 0.25) is 0 Å². The van der Waals surface area contributed by atoms with Gasteiger partial charge in [0.15, 0.2) is 10.6 Å². The van der Waals surface area contributed by atoms with E-state index in [-0.39, 0.29) is 5.69 Å². The Labute approximate surface area is 143 Å². The fourth-order valence-corrected chi connectivity index (χ4v) is 3.29. The third kappa shape index (κ3) is 3.36. The van der Waals surface area contributed by atoms with Crippen molar-refractivity contribution in [3.05, 3.63) is 82.5 Å². The van der Waals surface area contributed by atoms with Crippen molar-refractivity contribution >= 4 is 17.0 Å². The second-order valence-electron chi connectivity index (χ2n) is 5.38. The fraction of sp³-hybridized carbons (Fsp3) is 0.105. The molecule has 0 unspecified atom stereocenters. The fourth-order valence-electron chi connectivity index (χ4n) is 2.35. The Hall–Kier alpha value is -2.53. The lowest BCUT2D eigenvalue weighted by Crippen LogP contribution is -2.15. The number of allylic oxidation sites excluding steroid dienone is 1. The van der Waals surface area contributed by atoms with Gasteiger partial charge in [-0.05, 0) is 24.6 Å². The summed E-state index contributed by atoms with van der Waals surface area (Å²) < 4.78 is 28.9. The number of hydrogen-bond acceptors (Lipinski definition) is 2. The third-order valence-electron chi connectivity index (χ3n) is 3.58. The highest BCUT2D eigenvalue weighted by atomic mass is 32.1. The van der Waals surface area contributed by atoms with Gasteiger partial charge in [-0.1, -0.05) is 35.9 Å². The molecule has 0 saturated carbocycles. The summed E-state index contributed by atoms with van der Waals surface area (Å²) in [6.07, 6.45) is 1.77. The van der Waals surface area contributed by atoms with Gasteiger partial charge in [0.05, 0.1) is 5.69 Å². The number of aryl methyl sites for hydroxylation is 1. The average molecular weight is 342 g/mol. The molecule has 2 aromatic carbocycles. The Kier molecular flexibility index (Phi) is 4.71. The van der Waals surface area contributed by atoms with E-state index in [2.05, 4.69) is 11.6 Å².